The maximum Gasteiger partial charge on any atom is 0.232 e. The molecule has 1 saturated heterocycles. The number of hydrogen-bond donors (Lipinski definition) is 0. The lowest BCUT2D eigenvalue weighted by atomic mass is 10.1. The van der Waals surface area contributed by atoms with Crippen LogP contribution >= 0.6 is 11.6 Å². The Labute approximate surface area is 163 Å². The summed E-state index contributed by atoms with van der Waals surface area (Å²) in [6, 6.07) is 15.7. The predicted octanol–water partition coefficient (Wildman–Crippen LogP) is 4.26. The van der Waals surface area contributed by atoms with E-state index in [1.807, 2.05) is 60.4 Å². The van der Waals surface area contributed by atoms with E-state index in [0.29, 0.717) is 31.2 Å². The Morgan fingerprint density at radius 3 is 2.63 bits per heavy atom. The van der Waals surface area contributed by atoms with Crippen molar-refractivity contribution in [3.05, 3.63) is 70.6 Å². The Morgan fingerprint density at radius 2 is 1.89 bits per heavy atom. The van der Waals surface area contributed by atoms with Crippen LogP contribution in [0.1, 0.15) is 29.4 Å². The minimum absolute atomic E-state index is 0.0468. The van der Waals surface area contributed by atoms with E-state index in [0.717, 1.165) is 22.6 Å². The van der Waals surface area contributed by atoms with Gasteiger partial charge in [-0.2, -0.15) is 4.98 Å². The van der Waals surface area contributed by atoms with Crippen molar-refractivity contribution in [2.75, 3.05) is 13.1 Å². The van der Waals surface area contributed by atoms with E-state index in [1.54, 1.807) is 0 Å². The zero-order valence-corrected chi connectivity index (χ0v) is 15.8. The van der Waals surface area contributed by atoms with E-state index in [-0.39, 0.29) is 11.8 Å². The van der Waals surface area contributed by atoms with Gasteiger partial charge in [0, 0.05) is 30.1 Å². The van der Waals surface area contributed by atoms with Crippen molar-refractivity contribution in [2.24, 2.45) is 0 Å². The average molecular weight is 382 g/mol. The number of aryl methyl sites for hydroxylation is 1. The molecule has 0 spiro atoms. The van der Waals surface area contributed by atoms with Crippen LogP contribution in [0.3, 0.4) is 0 Å². The number of likely N-dealkylation sites (tertiary alicyclic amines) is 1. The maximum atomic E-state index is 12.4. The molecule has 1 atom stereocenters. The first-order valence-electron chi connectivity index (χ1n) is 9.01. The van der Waals surface area contributed by atoms with E-state index in [9.17, 15) is 4.79 Å². The predicted molar refractivity (Wildman–Crippen MR) is 104 cm³/mol. The highest BCUT2D eigenvalue weighted by atomic mass is 35.5. The summed E-state index contributed by atoms with van der Waals surface area (Å²) in [7, 11) is 0. The van der Waals surface area contributed by atoms with Crippen LogP contribution in [0.2, 0.25) is 5.02 Å². The van der Waals surface area contributed by atoms with Crippen molar-refractivity contribution in [3.8, 4) is 11.4 Å². The molecule has 1 unspecified atom stereocenters. The van der Waals surface area contributed by atoms with Gasteiger partial charge < -0.3 is 9.42 Å². The van der Waals surface area contributed by atoms with Crippen LogP contribution in [0.25, 0.3) is 11.4 Å². The van der Waals surface area contributed by atoms with Crippen LogP contribution in [0.5, 0.6) is 0 Å². The van der Waals surface area contributed by atoms with Crippen molar-refractivity contribution in [1.29, 1.82) is 0 Å². The molecule has 27 heavy (non-hydrogen) atoms. The zero-order valence-electron chi connectivity index (χ0n) is 15.1. The summed E-state index contributed by atoms with van der Waals surface area (Å²) in [5.74, 6) is 1.18. The topological polar surface area (TPSA) is 59.2 Å². The second kappa shape index (κ2) is 7.53. The molecule has 138 valence electrons. The minimum Gasteiger partial charge on any atom is -0.342 e. The molecule has 0 aliphatic carbocycles. The second-order valence-electron chi connectivity index (χ2n) is 6.94. The van der Waals surface area contributed by atoms with Crippen LogP contribution in [0.4, 0.5) is 0 Å². The van der Waals surface area contributed by atoms with Crippen LogP contribution in [-0.2, 0) is 11.2 Å². The fraction of sp³-hybridized carbons (Fsp3) is 0.286. The molecular formula is C21H20ClN3O2. The molecule has 0 radical (unpaired) electrons. The SMILES string of the molecule is Cc1ccc(-c2noc(C3CC(=O)N(CCc4ccc(Cl)cc4)C3)n2)cc1. The summed E-state index contributed by atoms with van der Waals surface area (Å²) < 4.78 is 5.45. The van der Waals surface area contributed by atoms with Gasteiger partial charge in [-0.05, 0) is 31.0 Å². The van der Waals surface area contributed by atoms with Gasteiger partial charge in [0.05, 0.1) is 5.92 Å². The van der Waals surface area contributed by atoms with Gasteiger partial charge in [0.15, 0.2) is 0 Å². The zero-order chi connectivity index (χ0) is 18.8. The molecular weight excluding hydrogens is 362 g/mol. The fourth-order valence-corrected chi connectivity index (χ4v) is 3.42. The van der Waals surface area contributed by atoms with Gasteiger partial charge in [0.2, 0.25) is 17.6 Å². The van der Waals surface area contributed by atoms with Gasteiger partial charge in [0.25, 0.3) is 0 Å². The monoisotopic (exact) mass is 381 g/mol. The van der Waals surface area contributed by atoms with Crippen LogP contribution < -0.4 is 0 Å². The van der Waals surface area contributed by atoms with Gasteiger partial charge in [-0.3, -0.25) is 4.79 Å². The third-order valence-electron chi connectivity index (χ3n) is 4.90. The summed E-state index contributed by atoms with van der Waals surface area (Å²) in [6.45, 7) is 3.33. The molecule has 1 aromatic heterocycles. The van der Waals surface area contributed by atoms with Crippen LogP contribution in [0, 0.1) is 6.92 Å². The smallest absolute Gasteiger partial charge is 0.232 e. The Bertz CT molecular complexity index is 935. The van der Waals surface area contributed by atoms with Crippen molar-refractivity contribution >= 4 is 17.5 Å². The Hall–Kier alpha value is -2.66. The van der Waals surface area contributed by atoms with E-state index >= 15 is 0 Å². The summed E-state index contributed by atoms with van der Waals surface area (Å²) >= 11 is 5.92. The molecule has 0 N–H and O–H groups in total. The lowest BCUT2D eigenvalue weighted by molar-refractivity contribution is -0.127. The number of rotatable bonds is 5. The third-order valence-corrected chi connectivity index (χ3v) is 5.15. The lowest BCUT2D eigenvalue weighted by Gasteiger charge is -2.15. The van der Waals surface area contributed by atoms with Crippen molar-refractivity contribution in [3.63, 3.8) is 0 Å². The van der Waals surface area contributed by atoms with Crippen LogP contribution in [-0.4, -0.2) is 34.0 Å². The van der Waals surface area contributed by atoms with Crippen LogP contribution in [0.15, 0.2) is 53.1 Å². The maximum absolute atomic E-state index is 12.4. The lowest BCUT2D eigenvalue weighted by Crippen LogP contribution is -2.27. The molecule has 3 aromatic rings. The molecule has 0 saturated carbocycles. The summed E-state index contributed by atoms with van der Waals surface area (Å²) in [4.78, 5) is 18.8. The van der Waals surface area contributed by atoms with Gasteiger partial charge in [-0.15, -0.1) is 0 Å². The van der Waals surface area contributed by atoms with Gasteiger partial charge in [-0.25, -0.2) is 0 Å². The molecule has 4 rings (SSSR count). The Kier molecular flexibility index (Phi) is 4.94. The molecule has 2 aromatic carbocycles. The third kappa shape index (κ3) is 4.03. The number of amides is 1. The van der Waals surface area contributed by atoms with E-state index < -0.39 is 0 Å². The minimum atomic E-state index is -0.0468. The van der Waals surface area contributed by atoms with Gasteiger partial charge >= 0.3 is 0 Å². The number of nitrogens with zero attached hydrogens (tertiary/aromatic N) is 3. The first kappa shape index (κ1) is 17.7. The van der Waals surface area contributed by atoms with Gasteiger partial charge in [-0.1, -0.05) is 58.7 Å². The van der Waals surface area contributed by atoms with Crippen molar-refractivity contribution in [1.82, 2.24) is 15.0 Å². The number of carbonyl (C=O) groups excluding carboxylic acids is 1. The normalized spacial score (nSPS) is 16.9. The molecule has 1 aliphatic rings. The highest BCUT2D eigenvalue weighted by Crippen LogP contribution is 2.29. The molecule has 2 heterocycles. The van der Waals surface area contributed by atoms with Crippen molar-refractivity contribution < 1.29 is 9.32 Å². The summed E-state index contributed by atoms with van der Waals surface area (Å²) in [6.07, 6.45) is 1.21. The Balaban J connectivity index is 1.40. The highest BCUT2D eigenvalue weighted by Gasteiger charge is 2.34. The van der Waals surface area contributed by atoms with E-state index in [2.05, 4.69) is 10.1 Å². The quantitative estimate of drug-likeness (QED) is 0.662. The van der Waals surface area contributed by atoms with E-state index in [4.69, 9.17) is 16.1 Å². The molecule has 1 amide bonds. The standard InChI is InChI=1S/C21H20ClN3O2/c1-14-2-6-16(7-3-14)20-23-21(27-24-20)17-12-19(26)25(13-17)11-10-15-4-8-18(22)9-5-15/h2-9,17H,10-13H2,1H3. The number of halogens is 1. The fourth-order valence-electron chi connectivity index (χ4n) is 3.29. The Morgan fingerprint density at radius 1 is 1.15 bits per heavy atom. The number of carbonyl (C=O) groups is 1. The first-order chi connectivity index (χ1) is 13.1. The van der Waals surface area contributed by atoms with Crippen molar-refractivity contribution in [2.45, 2.75) is 25.7 Å². The number of hydrogen-bond acceptors (Lipinski definition) is 4. The molecule has 1 fully saturated rings. The van der Waals surface area contributed by atoms with E-state index in [1.165, 1.54) is 5.56 Å². The molecule has 6 heteroatoms. The highest BCUT2D eigenvalue weighted by molar-refractivity contribution is 6.30. The summed E-state index contributed by atoms with van der Waals surface area (Å²) in [5.41, 5.74) is 3.26. The number of aromatic nitrogens is 2. The molecule has 1 aliphatic heterocycles. The molecule has 5 nitrogen and oxygen atoms in total. The molecule has 0 bridgehead atoms. The number of benzene rings is 2. The first-order valence-corrected chi connectivity index (χ1v) is 9.39. The largest absolute Gasteiger partial charge is 0.342 e. The summed E-state index contributed by atoms with van der Waals surface area (Å²) in [5, 5.41) is 4.80. The second-order valence-corrected chi connectivity index (χ2v) is 7.38. The average Bonchev–Trinajstić information content (AvgIpc) is 3.29. The van der Waals surface area contributed by atoms with Gasteiger partial charge in [0.1, 0.15) is 0 Å².